The van der Waals surface area contributed by atoms with E-state index in [0.29, 0.717) is 5.69 Å². The van der Waals surface area contributed by atoms with Crippen molar-refractivity contribution in [2.45, 2.75) is 24.3 Å². The molecule has 0 spiro atoms. The lowest BCUT2D eigenvalue weighted by atomic mass is 10.2. The molecule has 1 unspecified atom stereocenters. The number of anilines is 1. The molecule has 1 atom stereocenters. The topological polar surface area (TPSA) is 83.9 Å². The summed E-state index contributed by atoms with van der Waals surface area (Å²) < 4.78 is 32.5. The van der Waals surface area contributed by atoms with Crippen LogP contribution >= 0.6 is 0 Å². The van der Waals surface area contributed by atoms with E-state index < -0.39 is 22.1 Å². The maximum atomic E-state index is 13.0. The number of sulfonamides is 1. The molecule has 0 radical (unpaired) electrons. The van der Waals surface area contributed by atoms with E-state index in [2.05, 4.69) is 0 Å². The van der Waals surface area contributed by atoms with Crippen LogP contribution < -0.4 is 9.04 Å². The van der Waals surface area contributed by atoms with Crippen LogP contribution in [-0.2, 0) is 21.2 Å². The summed E-state index contributed by atoms with van der Waals surface area (Å²) >= 11 is 0. The fourth-order valence-electron chi connectivity index (χ4n) is 2.58. The van der Waals surface area contributed by atoms with Gasteiger partial charge in [-0.3, -0.25) is 4.31 Å². The molecule has 2 aromatic carbocycles. The predicted molar refractivity (Wildman–Crippen MR) is 88.8 cm³/mol. The Balaban J connectivity index is 2.06. The minimum atomic E-state index is -3.88. The van der Waals surface area contributed by atoms with Crippen molar-refractivity contribution in [2.75, 3.05) is 10.8 Å². The molecular formula is C17H17NO5S. The molecule has 2 aromatic rings. The molecule has 6 nitrogen and oxygen atoms in total. The quantitative estimate of drug-likeness (QED) is 0.917. The maximum Gasteiger partial charge on any atom is 0.346 e. The number of fused-ring (bicyclic) bond motifs is 1. The Hall–Kier alpha value is -2.54. The largest absolute Gasteiger partial charge is 0.478 e. The minimum Gasteiger partial charge on any atom is -0.478 e. The molecule has 0 bridgehead atoms. The molecule has 7 heteroatoms. The monoisotopic (exact) mass is 347 g/mol. The highest BCUT2D eigenvalue weighted by molar-refractivity contribution is 7.92. The molecule has 0 aliphatic carbocycles. The zero-order chi connectivity index (χ0) is 17.3. The van der Waals surface area contributed by atoms with Crippen LogP contribution in [0.5, 0.6) is 5.75 Å². The summed E-state index contributed by atoms with van der Waals surface area (Å²) in [5.74, 6) is -0.962. The van der Waals surface area contributed by atoms with Gasteiger partial charge >= 0.3 is 5.97 Å². The maximum absolute atomic E-state index is 13.0. The molecule has 0 saturated carbocycles. The molecule has 0 fully saturated rings. The van der Waals surface area contributed by atoms with E-state index in [4.69, 9.17) is 4.74 Å². The summed E-state index contributed by atoms with van der Waals surface area (Å²) in [5, 5.41) is 9.24. The van der Waals surface area contributed by atoms with E-state index in [1.54, 1.807) is 48.5 Å². The molecule has 1 aliphatic rings. The number of hydrogen-bond acceptors (Lipinski definition) is 4. The molecule has 1 heterocycles. The molecule has 1 N–H and O–H groups in total. The van der Waals surface area contributed by atoms with Crippen molar-refractivity contribution < 1.29 is 23.1 Å². The molecule has 24 heavy (non-hydrogen) atoms. The van der Waals surface area contributed by atoms with Gasteiger partial charge in [-0.05, 0) is 36.2 Å². The summed E-state index contributed by atoms with van der Waals surface area (Å²) in [7, 11) is -3.88. The highest BCUT2D eigenvalue weighted by Gasteiger charge is 2.37. The summed E-state index contributed by atoms with van der Waals surface area (Å²) in [5.41, 5.74) is 1.37. The van der Waals surface area contributed by atoms with Crippen LogP contribution in [-0.4, -0.2) is 32.1 Å². The molecule has 0 saturated heterocycles. The van der Waals surface area contributed by atoms with E-state index >= 15 is 0 Å². The Kier molecular flexibility index (Phi) is 4.19. The molecule has 1 aliphatic heterocycles. The van der Waals surface area contributed by atoms with E-state index in [0.717, 1.165) is 16.3 Å². The second-order valence-electron chi connectivity index (χ2n) is 5.45. The summed E-state index contributed by atoms with van der Waals surface area (Å²) in [4.78, 5) is 11.4. The number of para-hydroxylation sites is 2. The van der Waals surface area contributed by atoms with Gasteiger partial charge in [0.2, 0.25) is 6.10 Å². The van der Waals surface area contributed by atoms with Crippen LogP contribution in [0.25, 0.3) is 0 Å². The van der Waals surface area contributed by atoms with Gasteiger partial charge in [-0.2, -0.15) is 0 Å². The Labute approximate surface area is 140 Å². The first-order valence-corrected chi connectivity index (χ1v) is 8.97. The third-order valence-corrected chi connectivity index (χ3v) is 5.72. The zero-order valence-corrected chi connectivity index (χ0v) is 13.9. The van der Waals surface area contributed by atoms with Gasteiger partial charge in [0.15, 0.2) is 0 Å². The number of carbonyl (C=O) groups is 1. The van der Waals surface area contributed by atoms with Crippen molar-refractivity contribution >= 4 is 21.7 Å². The fourth-order valence-corrected chi connectivity index (χ4v) is 4.06. The van der Waals surface area contributed by atoms with Crippen molar-refractivity contribution in [3.63, 3.8) is 0 Å². The summed E-state index contributed by atoms with van der Waals surface area (Å²) in [6, 6.07) is 13.1. The first-order valence-electron chi connectivity index (χ1n) is 7.53. The summed E-state index contributed by atoms with van der Waals surface area (Å²) in [6.45, 7) is 1.71. The molecule has 126 valence electrons. The minimum absolute atomic E-state index is 0.126. The third kappa shape index (κ3) is 2.82. The first-order chi connectivity index (χ1) is 11.4. The van der Waals surface area contributed by atoms with Gasteiger partial charge in [-0.1, -0.05) is 31.2 Å². The van der Waals surface area contributed by atoms with Crippen molar-refractivity contribution in [2.24, 2.45) is 0 Å². The Morgan fingerprint density at radius 1 is 1.21 bits per heavy atom. The first kappa shape index (κ1) is 16.3. The Morgan fingerprint density at radius 3 is 2.50 bits per heavy atom. The Morgan fingerprint density at radius 2 is 1.88 bits per heavy atom. The second kappa shape index (κ2) is 6.16. The fraction of sp³-hybridized carbons (Fsp3) is 0.235. The van der Waals surface area contributed by atoms with E-state index in [9.17, 15) is 18.3 Å². The van der Waals surface area contributed by atoms with Crippen LogP contribution in [0.3, 0.4) is 0 Å². The number of aliphatic carboxylic acids is 1. The van der Waals surface area contributed by atoms with Crippen molar-refractivity contribution in [1.29, 1.82) is 0 Å². The highest BCUT2D eigenvalue weighted by Crippen LogP contribution is 2.36. The van der Waals surface area contributed by atoms with Crippen LogP contribution in [0, 0.1) is 0 Å². The van der Waals surface area contributed by atoms with Gasteiger partial charge in [0.25, 0.3) is 10.0 Å². The average Bonchev–Trinajstić information content (AvgIpc) is 2.60. The zero-order valence-electron chi connectivity index (χ0n) is 13.0. The number of carboxylic acids is 1. The molecule has 0 aromatic heterocycles. The molecular weight excluding hydrogens is 330 g/mol. The van der Waals surface area contributed by atoms with Gasteiger partial charge in [0, 0.05) is 0 Å². The smallest absolute Gasteiger partial charge is 0.346 e. The lowest BCUT2D eigenvalue weighted by Crippen LogP contribution is -2.47. The SMILES string of the molecule is CCc1ccc(S(=O)(=O)N2CC(C(=O)O)Oc3ccccc32)cc1. The molecule has 0 amide bonds. The van der Waals surface area contributed by atoms with Crippen LogP contribution in [0.4, 0.5) is 5.69 Å². The van der Waals surface area contributed by atoms with E-state index in [1.807, 2.05) is 6.92 Å². The number of benzene rings is 2. The van der Waals surface area contributed by atoms with Crippen LogP contribution in [0.2, 0.25) is 0 Å². The van der Waals surface area contributed by atoms with Gasteiger partial charge in [-0.15, -0.1) is 0 Å². The van der Waals surface area contributed by atoms with Crippen LogP contribution in [0.1, 0.15) is 12.5 Å². The van der Waals surface area contributed by atoms with Gasteiger partial charge in [0.05, 0.1) is 17.1 Å². The molecule has 3 rings (SSSR count). The number of rotatable bonds is 4. The standard InChI is InChI=1S/C17H17NO5S/c1-2-12-7-9-13(10-8-12)24(21,22)18-11-16(17(19)20)23-15-6-4-3-5-14(15)18/h3-10,16H,2,11H2,1H3,(H,19,20). The van der Waals surface area contributed by atoms with E-state index in [1.165, 1.54) is 0 Å². The predicted octanol–water partition coefficient (Wildman–Crippen LogP) is 2.29. The number of hydrogen-bond donors (Lipinski definition) is 1. The normalized spacial score (nSPS) is 17.0. The summed E-state index contributed by atoms with van der Waals surface area (Å²) in [6.07, 6.45) is -0.438. The number of ether oxygens (including phenoxy) is 1. The lowest BCUT2D eigenvalue weighted by molar-refractivity contribution is -0.144. The van der Waals surface area contributed by atoms with Crippen molar-refractivity contribution in [1.82, 2.24) is 0 Å². The van der Waals surface area contributed by atoms with E-state index in [-0.39, 0.29) is 17.2 Å². The third-order valence-electron chi connectivity index (χ3n) is 3.93. The van der Waals surface area contributed by atoms with Gasteiger partial charge in [0.1, 0.15) is 5.75 Å². The van der Waals surface area contributed by atoms with Gasteiger partial charge in [-0.25, -0.2) is 13.2 Å². The van der Waals surface area contributed by atoms with Crippen molar-refractivity contribution in [3.8, 4) is 5.75 Å². The lowest BCUT2D eigenvalue weighted by Gasteiger charge is -2.33. The highest BCUT2D eigenvalue weighted by atomic mass is 32.2. The van der Waals surface area contributed by atoms with Crippen molar-refractivity contribution in [3.05, 3.63) is 54.1 Å². The average molecular weight is 347 g/mol. The second-order valence-corrected chi connectivity index (χ2v) is 7.31. The van der Waals surface area contributed by atoms with Crippen LogP contribution in [0.15, 0.2) is 53.4 Å². The van der Waals surface area contributed by atoms with Gasteiger partial charge < -0.3 is 9.84 Å². The number of nitrogens with zero attached hydrogens (tertiary/aromatic N) is 1. The number of aryl methyl sites for hydroxylation is 1. The number of carboxylic acid groups (broad SMARTS) is 1. The Bertz CT molecular complexity index is 861.